The Morgan fingerprint density at radius 2 is 2.09 bits per heavy atom. The van der Waals surface area contributed by atoms with Crippen molar-refractivity contribution in [1.82, 2.24) is 4.90 Å². The molecular formula is C15H16N2O5S. The van der Waals surface area contributed by atoms with Crippen LogP contribution in [0, 0.1) is 0 Å². The molecule has 0 radical (unpaired) electrons. The van der Waals surface area contributed by atoms with Gasteiger partial charge in [-0.25, -0.2) is 0 Å². The zero-order valence-corrected chi connectivity index (χ0v) is 13.5. The highest BCUT2D eigenvalue weighted by atomic mass is 32.2. The summed E-state index contributed by atoms with van der Waals surface area (Å²) in [5.41, 5.74) is 5.72. The Morgan fingerprint density at radius 1 is 1.35 bits per heavy atom. The fourth-order valence-electron chi connectivity index (χ4n) is 1.99. The second-order valence-corrected chi connectivity index (χ2v) is 5.57. The third-order valence-corrected chi connectivity index (χ3v) is 3.88. The largest absolute Gasteiger partial charge is 0.493 e. The van der Waals surface area contributed by atoms with Gasteiger partial charge < -0.3 is 15.2 Å². The van der Waals surface area contributed by atoms with Crippen molar-refractivity contribution in [2.75, 3.05) is 20.3 Å². The molecule has 2 rings (SSSR count). The van der Waals surface area contributed by atoms with Crippen LogP contribution in [0.2, 0.25) is 0 Å². The highest BCUT2D eigenvalue weighted by Crippen LogP contribution is 2.34. The zero-order chi connectivity index (χ0) is 17.0. The van der Waals surface area contributed by atoms with Crippen LogP contribution in [0.5, 0.6) is 11.5 Å². The van der Waals surface area contributed by atoms with Crippen molar-refractivity contribution in [3.63, 3.8) is 0 Å². The van der Waals surface area contributed by atoms with E-state index in [0.29, 0.717) is 23.7 Å². The first-order valence-electron chi connectivity index (χ1n) is 6.80. The number of carbonyl (C=O) groups is 3. The molecule has 1 heterocycles. The van der Waals surface area contributed by atoms with Crippen molar-refractivity contribution < 1.29 is 23.9 Å². The molecule has 8 heteroatoms. The summed E-state index contributed by atoms with van der Waals surface area (Å²) in [4.78, 5) is 35.9. The number of nitrogens with zero attached hydrogens (tertiary/aromatic N) is 1. The average molecular weight is 336 g/mol. The summed E-state index contributed by atoms with van der Waals surface area (Å²) in [6.07, 6.45) is 1.56. The summed E-state index contributed by atoms with van der Waals surface area (Å²) >= 11 is 0.766. The van der Waals surface area contributed by atoms with Gasteiger partial charge >= 0.3 is 0 Å². The molecule has 0 spiro atoms. The molecule has 122 valence electrons. The average Bonchev–Trinajstić information content (AvgIpc) is 2.75. The normalized spacial score (nSPS) is 16.1. The maximum atomic E-state index is 12.1. The number of carbonyl (C=O) groups excluding carboxylic acids is 3. The first-order chi connectivity index (χ1) is 11.0. The van der Waals surface area contributed by atoms with Crippen molar-refractivity contribution in [1.29, 1.82) is 0 Å². The lowest BCUT2D eigenvalue weighted by Gasteiger charge is -2.10. The van der Waals surface area contributed by atoms with Gasteiger partial charge in [-0.1, -0.05) is 6.07 Å². The first kappa shape index (κ1) is 16.9. The van der Waals surface area contributed by atoms with Crippen molar-refractivity contribution in [3.05, 3.63) is 28.7 Å². The topological polar surface area (TPSA) is 98.9 Å². The summed E-state index contributed by atoms with van der Waals surface area (Å²) in [7, 11) is 1.53. The molecule has 1 saturated heterocycles. The Hall–Kier alpha value is -2.48. The molecule has 0 atom stereocenters. The van der Waals surface area contributed by atoms with Crippen LogP contribution >= 0.6 is 11.8 Å². The minimum atomic E-state index is -0.739. The van der Waals surface area contributed by atoms with Gasteiger partial charge in [0.05, 0.1) is 18.6 Å². The molecule has 23 heavy (non-hydrogen) atoms. The van der Waals surface area contributed by atoms with Crippen LogP contribution in [-0.2, 0) is 9.59 Å². The minimum Gasteiger partial charge on any atom is -0.493 e. The highest BCUT2D eigenvalue weighted by molar-refractivity contribution is 8.18. The van der Waals surface area contributed by atoms with Crippen molar-refractivity contribution in [2.45, 2.75) is 6.92 Å². The Bertz CT molecular complexity index is 686. The summed E-state index contributed by atoms with van der Waals surface area (Å²) in [6.45, 7) is 1.89. The van der Waals surface area contributed by atoms with Gasteiger partial charge in [0.2, 0.25) is 5.91 Å². The lowest BCUT2D eigenvalue weighted by atomic mass is 10.2. The molecule has 1 aliphatic rings. The molecule has 2 N–H and O–H groups in total. The van der Waals surface area contributed by atoms with E-state index < -0.39 is 23.6 Å². The molecule has 0 aromatic heterocycles. The van der Waals surface area contributed by atoms with E-state index in [1.165, 1.54) is 7.11 Å². The molecular weight excluding hydrogens is 320 g/mol. The Balaban J connectivity index is 2.28. The number of hydrogen-bond donors (Lipinski definition) is 1. The Labute approximate surface area is 137 Å². The third-order valence-electron chi connectivity index (χ3n) is 2.97. The summed E-state index contributed by atoms with van der Waals surface area (Å²) in [5, 5.41) is -0.515. The van der Waals surface area contributed by atoms with Gasteiger partial charge in [0.1, 0.15) is 6.54 Å². The quantitative estimate of drug-likeness (QED) is 0.793. The van der Waals surface area contributed by atoms with Crippen molar-refractivity contribution in [3.8, 4) is 11.5 Å². The predicted octanol–water partition coefficient (Wildman–Crippen LogP) is 1.62. The molecule has 3 amide bonds. The van der Waals surface area contributed by atoms with E-state index in [-0.39, 0.29) is 4.91 Å². The zero-order valence-electron chi connectivity index (χ0n) is 12.7. The van der Waals surface area contributed by atoms with Gasteiger partial charge in [0, 0.05) is 0 Å². The molecule has 0 unspecified atom stereocenters. The molecule has 1 aromatic rings. The first-order valence-corrected chi connectivity index (χ1v) is 7.62. The van der Waals surface area contributed by atoms with Crippen LogP contribution in [0.1, 0.15) is 12.5 Å². The fourth-order valence-corrected chi connectivity index (χ4v) is 2.83. The number of primary amides is 1. The SMILES string of the molecule is CCOc1cc(/C=C2\SC(=O)N(CC(N)=O)C2=O)ccc1OC. The van der Waals surface area contributed by atoms with Gasteiger partial charge in [0.25, 0.3) is 11.1 Å². The van der Waals surface area contributed by atoms with Crippen LogP contribution in [0.15, 0.2) is 23.1 Å². The minimum absolute atomic E-state index is 0.226. The van der Waals surface area contributed by atoms with Gasteiger partial charge in [-0.15, -0.1) is 0 Å². The Kier molecular flexibility index (Phi) is 5.28. The molecule has 0 bridgehead atoms. The number of nitrogens with two attached hydrogens (primary N) is 1. The van der Waals surface area contributed by atoms with Crippen LogP contribution < -0.4 is 15.2 Å². The van der Waals surface area contributed by atoms with Gasteiger partial charge in [0.15, 0.2) is 11.5 Å². The fraction of sp³-hybridized carbons (Fsp3) is 0.267. The summed E-state index contributed by atoms with van der Waals surface area (Å²) in [6, 6.07) is 5.16. The molecule has 1 aliphatic heterocycles. The Morgan fingerprint density at radius 3 is 2.70 bits per heavy atom. The van der Waals surface area contributed by atoms with E-state index in [4.69, 9.17) is 15.2 Å². The third kappa shape index (κ3) is 3.84. The van der Waals surface area contributed by atoms with E-state index in [2.05, 4.69) is 0 Å². The number of hydrogen-bond acceptors (Lipinski definition) is 6. The lowest BCUT2D eigenvalue weighted by Crippen LogP contribution is -2.36. The van der Waals surface area contributed by atoms with Gasteiger partial charge in [-0.3, -0.25) is 19.3 Å². The van der Waals surface area contributed by atoms with Crippen LogP contribution in [-0.4, -0.2) is 42.2 Å². The molecule has 0 saturated carbocycles. The monoisotopic (exact) mass is 336 g/mol. The van der Waals surface area contributed by atoms with E-state index in [9.17, 15) is 14.4 Å². The molecule has 1 aromatic carbocycles. The maximum absolute atomic E-state index is 12.1. The van der Waals surface area contributed by atoms with E-state index in [0.717, 1.165) is 16.7 Å². The van der Waals surface area contributed by atoms with Crippen molar-refractivity contribution in [2.24, 2.45) is 5.73 Å². The van der Waals surface area contributed by atoms with E-state index >= 15 is 0 Å². The number of benzene rings is 1. The van der Waals surface area contributed by atoms with Crippen LogP contribution in [0.25, 0.3) is 6.08 Å². The predicted molar refractivity (Wildman–Crippen MR) is 86.0 cm³/mol. The summed E-state index contributed by atoms with van der Waals surface area (Å²) in [5.74, 6) is -0.157. The summed E-state index contributed by atoms with van der Waals surface area (Å²) < 4.78 is 10.7. The molecule has 1 fully saturated rings. The van der Waals surface area contributed by atoms with E-state index in [1.807, 2.05) is 6.92 Å². The van der Waals surface area contributed by atoms with Crippen LogP contribution in [0.4, 0.5) is 4.79 Å². The second-order valence-electron chi connectivity index (χ2n) is 4.58. The molecule has 7 nitrogen and oxygen atoms in total. The molecule has 0 aliphatic carbocycles. The standard InChI is InChI=1S/C15H16N2O5S/c1-3-22-11-6-9(4-5-10(11)21-2)7-12-14(19)17(8-13(16)18)15(20)23-12/h4-7H,3,8H2,1-2H3,(H2,16,18)/b12-7-. The number of imide groups is 1. The number of ether oxygens (including phenoxy) is 2. The van der Waals surface area contributed by atoms with Crippen LogP contribution in [0.3, 0.4) is 0 Å². The number of methoxy groups -OCH3 is 1. The number of thioether (sulfide) groups is 1. The lowest BCUT2D eigenvalue weighted by molar-refractivity contribution is -0.127. The highest BCUT2D eigenvalue weighted by Gasteiger charge is 2.35. The number of amides is 3. The van der Waals surface area contributed by atoms with E-state index in [1.54, 1.807) is 24.3 Å². The smallest absolute Gasteiger partial charge is 0.294 e. The maximum Gasteiger partial charge on any atom is 0.294 e. The van der Waals surface area contributed by atoms with Gasteiger partial charge in [-0.2, -0.15) is 0 Å². The number of rotatable bonds is 6. The second kappa shape index (κ2) is 7.19. The van der Waals surface area contributed by atoms with Crippen molar-refractivity contribution >= 4 is 34.9 Å². The van der Waals surface area contributed by atoms with Gasteiger partial charge in [-0.05, 0) is 42.5 Å².